The summed E-state index contributed by atoms with van der Waals surface area (Å²) in [5, 5.41) is 2.61. The Balaban J connectivity index is 3.12. The molecule has 0 saturated heterocycles. The lowest BCUT2D eigenvalue weighted by Crippen LogP contribution is -2.25. The molecule has 0 fully saturated rings. The Morgan fingerprint density at radius 2 is 1.12 bits per heavy atom. The third kappa shape index (κ3) is 21.0. The maximum atomic E-state index is 11.5. The van der Waals surface area contributed by atoms with Crippen LogP contribution in [-0.4, -0.2) is 25.0 Å². The van der Waals surface area contributed by atoms with Crippen LogP contribution in [0, 0.1) is 0 Å². The summed E-state index contributed by atoms with van der Waals surface area (Å²) in [6.07, 6.45) is 20.4. The van der Waals surface area contributed by atoms with E-state index in [4.69, 9.17) is 4.74 Å². The molecule has 0 aromatic heterocycles. The van der Waals surface area contributed by atoms with Crippen molar-refractivity contribution >= 4 is 11.9 Å². The average Bonchev–Trinajstić information content (AvgIpc) is 2.62. The van der Waals surface area contributed by atoms with Gasteiger partial charge in [0, 0.05) is 13.3 Å². The number of esters is 1. The van der Waals surface area contributed by atoms with E-state index in [9.17, 15) is 9.59 Å². The van der Waals surface area contributed by atoms with Gasteiger partial charge in [0.15, 0.2) is 0 Å². The fraction of sp³-hybridized carbons (Fsp3) is 0.909. The molecule has 0 bridgehead atoms. The summed E-state index contributed by atoms with van der Waals surface area (Å²) in [7, 11) is 0. The maximum absolute atomic E-state index is 11.5. The molecule has 1 N–H and O–H groups in total. The van der Waals surface area contributed by atoms with Gasteiger partial charge in [-0.25, -0.2) is 0 Å². The molecule has 154 valence electrons. The Morgan fingerprint density at radius 1 is 0.692 bits per heavy atom. The molecule has 0 rings (SSSR count). The first-order valence-corrected chi connectivity index (χ1v) is 11.1. The van der Waals surface area contributed by atoms with Crippen LogP contribution in [0.4, 0.5) is 0 Å². The third-order valence-corrected chi connectivity index (χ3v) is 4.72. The zero-order valence-electron chi connectivity index (χ0n) is 17.5. The molecule has 1 amide bonds. The van der Waals surface area contributed by atoms with Crippen molar-refractivity contribution in [3.8, 4) is 0 Å². The second-order valence-electron chi connectivity index (χ2n) is 7.40. The molecule has 0 aromatic rings. The zero-order chi connectivity index (χ0) is 19.3. The summed E-state index contributed by atoms with van der Waals surface area (Å²) in [6, 6.07) is 0. The fourth-order valence-corrected chi connectivity index (χ4v) is 3.10. The molecule has 0 heterocycles. The van der Waals surface area contributed by atoms with Crippen molar-refractivity contribution in [2.45, 2.75) is 117 Å². The molecule has 26 heavy (non-hydrogen) atoms. The van der Waals surface area contributed by atoms with Crippen LogP contribution >= 0.6 is 0 Å². The highest BCUT2D eigenvalue weighted by atomic mass is 16.5. The molecule has 0 aliphatic rings. The van der Waals surface area contributed by atoms with Crippen LogP contribution in [0.3, 0.4) is 0 Å². The van der Waals surface area contributed by atoms with Crippen molar-refractivity contribution in [2.75, 3.05) is 13.2 Å². The summed E-state index contributed by atoms with van der Waals surface area (Å²) in [4.78, 5) is 22.2. The topological polar surface area (TPSA) is 55.4 Å². The summed E-state index contributed by atoms with van der Waals surface area (Å²) >= 11 is 0. The molecule has 0 unspecified atom stereocenters. The minimum atomic E-state index is -0.148. The molecule has 0 saturated carbocycles. The summed E-state index contributed by atoms with van der Waals surface area (Å²) in [5.41, 5.74) is 0. The monoisotopic (exact) mass is 369 g/mol. The van der Waals surface area contributed by atoms with Gasteiger partial charge in [0.05, 0.1) is 6.54 Å². The number of rotatable bonds is 19. The van der Waals surface area contributed by atoms with Crippen LogP contribution in [0.15, 0.2) is 0 Å². The standard InChI is InChI=1S/C22H43NO3/c1-3-4-5-6-7-8-9-10-11-12-13-14-15-16-17-18-22(25)26-20-19-23-21(2)24/h3-20H2,1-2H3,(H,23,24). The van der Waals surface area contributed by atoms with Crippen LogP contribution in [0.25, 0.3) is 0 Å². The van der Waals surface area contributed by atoms with Gasteiger partial charge in [-0.1, -0.05) is 96.8 Å². The molecular formula is C22H43NO3. The van der Waals surface area contributed by atoms with Crippen molar-refractivity contribution in [3.63, 3.8) is 0 Å². The van der Waals surface area contributed by atoms with E-state index in [0.717, 1.165) is 12.8 Å². The largest absolute Gasteiger partial charge is 0.464 e. The third-order valence-electron chi connectivity index (χ3n) is 4.72. The van der Waals surface area contributed by atoms with E-state index in [1.54, 1.807) is 0 Å². The number of ether oxygens (including phenoxy) is 1. The molecule has 0 radical (unpaired) electrons. The predicted octanol–water partition coefficient (Wildman–Crippen LogP) is 5.93. The summed E-state index contributed by atoms with van der Waals surface area (Å²) < 4.78 is 5.06. The highest BCUT2D eigenvalue weighted by Crippen LogP contribution is 2.13. The highest BCUT2D eigenvalue weighted by molar-refractivity contribution is 5.73. The molecule has 4 nitrogen and oxygen atoms in total. The van der Waals surface area contributed by atoms with E-state index in [1.807, 2.05) is 0 Å². The number of carbonyl (C=O) groups is 2. The van der Waals surface area contributed by atoms with E-state index in [0.29, 0.717) is 13.0 Å². The molecular weight excluding hydrogens is 326 g/mol. The fourth-order valence-electron chi connectivity index (χ4n) is 3.10. The van der Waals surface area contributed by atoms with Gasteiger partial charge in [-0.2, -0.15) is 0 Å². The second-order valence-corrected chi connectivity index (χ2v) is 7.40. The van der Waals surface area contributed by atoms with Crippen LogP contribution in [0.1, 0.15) is 117 Å². The zero-order valence-corrected chi connectivity index (χ0v) is 17.5. The molecule has 0 aliphatic carbocycles. The van der Waals surface area contributed by atoms with Gasteiger partial charge >= 0.3 is 5.97 Å². The Morgan fingerprint density at radius 3 is 1.54 bits per heavy atom. The van der Waals surface area contributed by atoms with E-state index >= 15 is 0 Å². The first-order chi connectivity index (χ1) is 12.7. The van der Waals surface area contributed by atoms with Gasteiger partial charge in [0.1, 0.15) is 6.61 Å². The summed E-state index contributed by atoms with van der Waals surface area (Å²) in [5.74, 6) is -0.242. The van der Waals surface area contributed by atoms with Crippen molar-refractivity contribution in [2.24, 2.45) is 0 Å². The molecule has 4 heteroatoms. The van der Waals surface area contributed by atoms with Gasteiger partial charge < -0.3 is 10.1 Å². The molecule has 0 aliphatic heterocycles. The molecule has 0 atom stereocenters. The van der Waals surface area contributed by atoms with Gasteiger partial charge in [0.2, 0.25) is 5.91 Å². The predicted molar refractivity (Wildman–Crippen MR) is 109 cm³/mol. The van der Waals surface area contributed by atoms with Crippen molar-refractivity contribution in [3.05, 3.63) is 0 Å². The highest BCUT2D eigenvalue weighted by Gasteiger charge is 2.02. The minimum Gasteiger partial charge on any atom is -0.464 e. The average molecular weight is 370 g/mol. The van der Waals surface area contributed by atoms with E-state index in [1.165, 1.54) is 90.4 Å². The lowest BCUT2D eigenvalue weighted by atomic mass is 10.0. The number of hydrogen-bond donors (Lipinski definition) is 1. The van der Waals surface area contributed by atoms with Crippen molar-refractivity contribution in [1.82, 2.24) is 5.32 Å². The number of nitrogens with one attached hydrogen (secondary N) is 1. The van der Waals surface area contributed by atoms with Gasteiger partial charge in [-0.3, -0.25) is 9.59 Å². The first-order valence-electron chi connectivity index (χ1n) is 11.1. The lowest BCUT2D eigenvalue weighted by molar-refractivity contribution is -0.144. The normalized spacial score (nSPS) is 10.7. The Bertz CT molecular complexity index is 331. The van der Waals surface area contributed by atoms with Crippen LogP contribution in [0.2, 0.25) is 0 Å². The maximum Gasteiger partial charge on any atom is 0.305 e. The van der Waals surface area contributed by atoms with E-state index in [-0.39, 0.29) is 18.5 Å². The van der Waals surface area contributed by atoms with Crippen molar-refractivity contribution < 1.29 is 14.3 Å². The second kappa shape index (κ2) is 20.3. The molecule has 0 spiro atoms. The van der Waals surface area contributed by atoms with Gasteiger partial charge in [-0.15, -0.1) is 0 Å². The first kappa shape index (κ1) is 24.9. The van der Waals surface area contributed by atoms with E-state index in [2.05, 4.69) is 12.2 Å². The van der Waals surface area contributed by atoms with Crippen LogP contribution in [0.5, 0.6) is 0 Å². The number of hydrogen-bond acceptors (Lipinski definition) is 3. The number of carbonyl (C=O) groups excluding carboxylic acids is 2. The number of unbranched alkanes of at least 4 members (excludes halogenated alkanes) is 14. The van der Waals surface area contributed by atoms with Gasteiger partial charge in [0.25, 0.3) is 0 Å². The Hall–Kier alpha value is -1.06. The van der Waals surface area contributed by atoms with Gasteiger partial charge in [-0.05, 0) is 6.42 Å². The minimum absolute atomic E-state index is 0.0940. The lowest BCUT2D eigenvalue weighted by Gasteiger charge is -2.05. The smallest absolute Gasteiger partial charge is 0.305 e. The van der Waals surface area contributed by atoms with Crippen LogP contribution in [-0.2, 0) is 14.3 Å². The number of amides is 1. The Labute approximate surface area is 161 Å². The SMILES string of the molecule is CCCCCCCCCCCCCCCCCC(=O)OCCNC(C)=O. The molecule has 0 aromatic carbocycles. The van der Waals surface area contributed by atoms with Crippen LogP contribution < -0.4 is 5.32 Å². The van der Waals surface area contributed by atoms with E-state index < -0.39 is 0 Å². The summed E-state index contributed by atoms with van der Waals surface area (Å²) in [6.45, 7) is 4.40. The quantitative estimate of drug-likeness (QED) is 0.227. The Kier molecular flexibility index (Phi) is 19.4. The van der Waals surface area contributed by atoms with Crippen molar-refractivity contribution in [1.29, 1.82) is 0 Å².